The van der Waals surface area contributed by atoms with Gasteiger partial charge in [-0.25, -0.2) is 9.59 Å². The first kappa shape index (κ1) is 22.6. The van der Waals surface area contributed by atoms with Crippen molar-refractivity contribution in [2.75, 3.05) is 46.4 Å². The zero-order valence-electron chi connectivity index (χ0n) is 18.5. The van der Waals surface area contributed by atoms with E-state index in [0.717, 1.165) is 18.4 Å². The fraction of sp³-hybridized carbons (Fsp3) is 0.522. The molecule has 9 heteroatoms. The number of esters is 1. The van der Waals surface area contributed by atoms with Crippen molar-refractivity contribution < 1.29 is 19.1 Å². The van der Waals surface area contributed by atoms with Crippen LogP contribution in [0.1, 0.15) is 31.4 Å². The second-order valence-electron chi connectivity index (χ2n) is 8.45. The van der Waals surface area contributed by atoms with Crippen LogP contribution in [0.3, 0.4) is 0 Å². The zero-order chi connectivity index (χ0) is 22.8. The van der Waals surface area contributed by atoms with Gasteiger partial charge in [-0.3, -0.25) is 14.6 Å². The van der Waals surface area contributed by atoms with Gasteiger partial charge < -0.3 is 15.0 Å². The molecule has 1 aromatic rings. The summed E-state index contributed by atoms with van der Waals surface area (Å²) in [6.07, 6.45) is 2.00. The molecule has 2 fully saturated rings. The Hall–Kier alpha value is -2.58. The van der Waals surface area contributed by atoms with E-state index in [9.17, 15) is 14.4 Å². The smallest absolute Gasteiger partial charge is 0.338 e. The van der Waals surface area contributed by atoms with Crippen LogP contribution in [0.25, 0.3) is 0 Å². The molecule has 1 N–H and O–H groups in total. The lowest BCUT2D eigenvalue weighted by Gasteiger charge is -2.39. The van der Waals surface area contributed by atoms with E-state index in [2.05, 4.69) is 10.2 Å². The molecule has 8 nitrogen and oxygen atoms in total. The number of carbonyl (C=O) groups is 3. The van der Waals surface area contributed by atoms with Crippen molar-refractivity contribution in [3.63, 3.8) is 0 Å². The van der Waals surface area contributed by atoms with Gasteiger partial charge in [-0.15, -0.1) is 0 Å². The van der Waals surface area contributed by atoms with Crippen LogP contribution >= 0.6 is 11.6 Å². The summed E-state index contributed by atoms with van der Waals surface area (Å²) >= 11 is 6.03. The lowest BCUT2D eigenvalue weighted by molar-refractivity contribution is -0.139. The fourth-order valence-electron chi connectivity index (χ4n) is 4.23. The van der Waals surface area contributed by atoms with E-state index in [0.29, 0.717) is 49.0 Å². The molecule has 1 saturated heterocycles. The molecule has 2 aliphatic heterocycles. The standard InChI is InChI=1S/C23H29ClN4O4/c1-3-32-22(30)19-18(14-27-10-12-28(13-11-27)21(29)16-4-5-16)26(2)23(31)25-20(19)15-6-8-17(24)9-7-15/h6-9,16,20H,3-5,10-14H2,1-2H3,(H,25,31). The SMILES string of the molecule is CCOC(=O)C1=C(CN2CCN(C(=O)C3CC3)CC2)N(C)C(=O)NC1c1ccc(Cl)cc1. The average Bonchev–Trinajstić information content (AvgIpc) is 3.63. The third-order valence-electron chi connectivity index (χ3n) is 6.26. The third-order valence-corrected chi connectivity index (χ3v) is 6.51. The first-order chi connectivity index (χ1) is 15.4. The number of amides is 3. The second kappa shape index (κ2) is 9.50. The maximum absolute atomic E-state index is 13.0. The minimum Gasteiger partial charge on any atom is -0.463 e. The van der Waals surface area contributed by atoms with Crippen molar-refractivity contribution in [3.8, 4) is 0 Å². The number of benzene rings is 1. The average molecular weight is 461 g/mol. The number of hydrogen-bond donors (Lipinski definition) is 1. The van der Waals surface area contributed by atoms with Crippen LogP contribution in [0.5, 0.6) is 0 Å². The number of nitrogens with zero attached hydrogens (tertiary/aromatic N) is 3. The molecule has 1 aliphatic carbocycles. The van der Waals surface area contributed by atoms with E-state index in [1.807, 2.05) is 4.90 Å². The normalized spacial score (nSPS) is 22.1. The first-order valence-corrected chi connectivity index (χ1v) is 11.5. The van der Waals surface area contributed by atoms with Crippen LogP contribution in [-0.4, -0.2) is 79.0 Å². The maximum Gasteiger partial charge on any atom is 0.338 e. The number of rotatable bonds is 6. The minimum absolute atomic E-state index is 0.216. The van der Waals surface area contributed by atoms with Crippen molar-refractivity contribution in [1.29, 1.82) is 0 Å². The fourth-order valence-corrected chi connectivity index (χ4v) is 4.36. The highest BCUT2D eigenvalue weighted by Gasteiger charge is 2.38. The molecule has 0 radical (unpaired) electrons. The van der Waals surface area contributed by atoms with Gasteiger partial charge in [0.25, 0.3) is 0 Å². The summed E-state index contributed by atoms with van der Waals surface area (Å²) in [7, 11) is 1.66. The Morgan fingerprint density at radius 3 is 2.38 bits per heavy atom. The molecule has 0 spiro atoms. The van der Waals surface area contributed by atoms with Gasteiger partial charge in [0, 0.05) is 56.4 Å². The number of carbonyl (C=O) groups excluding carboxylic acids is 3. The number of likely N-dealkylation sites (N-methyl/N-ethyl adjacent to an activating group) is 1. The predicted octanol–water partition coefficient (Wildman–Crippen LogP) is 2.41. The van der Waals surface area contributed by atoms with Gasteiger partial charge >= 0.3 is 12.0 Å². The Morgan fingerprint density at radius 1 is 1.12 bits per heavy atom. The van der Waals surface area contributed by atoms with E-state index in [1.54, 1.807) is 38.2 Å². The number of hydrogen-bond acceptors (Lipinski definition) is 5. The van der Waals surface area contributed by atoms with Gasteiger partial charge in [0.1, 0.15) is 0 Å². The van der Waals surface area contributed by atoms with Gasteiger partial charge in [-0.05, 0) is 37.5 Å². The molecule has 172 valence electrons. The van der Waals surface area contributed by atoms with E-state index >= 15 is 0 Å². The summed E-state index contributed by atoms with van der Waals surface area (Å²) in [5.74, 6) is 0.0258. The van der Waals surface area contributed by atoms with E-state index in [-0.39, 0.29) is 24.5 Å². The molecule has 1 aromatic carbocycles. The Labute approximate surface area is 193 Å². The molecule has 32 heavy (non-hydrogen) atoms. The molecule has 1 atom stereocenters. The number of urea groups is 1. The summed E-state index contributed by atoms with van der Waals surface area (Å²) in [5, 5.41) is 3.49. The summed E-state index contributed by atoms with van der Waals surface area (Å²) < 4.78 is 5.37. The summed E-state index contributed by atoms with van der Waals surface area (Å²) in [6.45, 7) is 5.13. The van der Waals surface area contributed by atoms with Gasteiger partial charge in [0.05, 0.1) is 18.2 Å². The van der Waals surface area contributed by atoms with Crippen molar-refractivity contribution in [2.24, 2.45) is 5.92 Å². The van der Waals surface area contributed by atoms with E-state index < -0.39 is 12.0 Å². The highest BCUT2D eigenvalue weighted by atomic mass is 35.5. The Kier molecular flexibility index (Phi) is 6.71. The Morgan fingerprint density at radius 2 is 1.78 bits per heavy atom. The van der Waals surface area contributed by atoms with Crippen molar-refractivity contribution in [3.05, 3.63) is 46.1 Å². The molecule has 2 heterocycles. The van der Waals surface area contributed by atoms with Crippen molar-refractivity contribution in [1.82, 2.24) is 20.0 Å². The van der Waals surface area contributed by atoms with Gasteiger partial charge in [-0.2, -0.15) is 0 Å². The van der Waals surface area contributed by atoms with Crippen LogP contribution in [0.4, 0.5) is 4.79 Å². The molecule has 3 amide bonds. The van der Waals surface area contributed by atoms with E-state index in [4.69, 9.17) is 16.3 Å². The molecular weight excluding hydrogens is 432 g/mol. The van der Waals surface area contributed by atoms with Crippen LogP contribution in [-0.2, 0) is 14.3 Å². The van der Waals surface area contributed by atoms with Crippen LogP contribution in [0.15, 0.2) is 35.5 Å². The maximum atomic E-state index is 13.0. The topological polar surface area (TPSA) is 82.2 Å². The minimum atomic E-state index is -0.622. The first-order valence-electron chi connectivity index (χ1n) is 11.1. The quantitative estimate of drug-likeness (QED) is 0.659. The molecular formula is C23H29ClN4O4. The van der Waals surface area contributed by atoms with Crippen molar-refractivity contribution >= 4 is 29.5 Å². The lowest BCUT2D eigenvalue weighted by atomic mass is 9.94. The summed E-state index contributed by atoms with van der Waals surface area (Å²) in [5.41, 5.74) is 1.80. The number of piperazine rings is 1. The van der Waals surface area contributed by atoms with Crippen LogP contribution < -0.4 is 5.32 Å². The Balaban J connectivity index is 1.59. The molecule has 0 bridgehead atoms. The summed E-state index contributed by atoms with van der Waals surface area (Å²) in [6, 6.07) is 6.17. The van der Waals surface area contributed by atoms with Gasteiger partial charge in [0.2, 0.25) is 5.91 Å². The van der Waals surface area contributed by atoms with Crippen molar-refractivity contribution in [2.45, 2.75) is 25.8 Å². The third kappa shape index (κ3) is 4.76. The Bertz CT molecular complexity index is 920. The number of nitrogens with one attached hydrogen (secondary N) is 1. The van der Waals surface area contributed by atoms with E-state index in [1.165, 1.54) is 4.90 Å². The molecule has 1 unspecified atom stereocenters. The van der Waals surface area contributed by atoms with Crippen LogP contribution in [0.2, 0.25) is 5.02 Å². The molecule has 0 aromatic heterocycles. The highest BCUT2D eigenvalue weighted by Crippen LogP contribution is 2.33. The van der Waals surface area contributed by atoms with Gasteiger partial charge in [0.15, 0.2) is 0 Å². The highest BCUT2D eigenvalue weighted by molar-refractivity contribution is 6.30. The van der Waals surface area contributed by atoms with Crippen LogP contribution in [0, 0.1) is 5.92 Å². The molecule has 1 saturated carbocycles. The zero-order valence-corrected chi connectivity index (χ0v) is 19.2. The molecule has 4 rings (SSSR count). The second-order valence-corrected chi connectivity index (χ2v) is 8.89. The largest absolute Gasteiger partial charge is 0.463 e. The molecule has 3 aliphatic rings. The predicted molar refractivity (Wildman–Crippen MR) is 120 cm³/mol. The lowest BCUT2D eigenvalue weighted by Crippen LogP contribution is -2.53. The van der Waals surface area contributed by atoms with Gasteiger partial charge in [-0.1, -0.05) is 23.7 Å². The number of ether oxygens (including phenoxy) is 1. The summed E-state index contributed by atoms with van der Waals surface area (Å²) in [4.78, 5) is 43.8. The number of halogens is 1. The monoisotopic (exact) mass is 460 g/mol.